The molecule has 3 rings (SSSR count). The fourth-order valence-corrected chi connectivity index (χ4v) is 4.35. The van der Waals surface area contributed by atoms with Gasteiger partial charge in [-0.1, -0.05) is 19.1 Å². The third-order valence-corrected chi connectivity index (χ3v) is 5.98. The average Bonchev–Trinajstić information content (AvgIpc) is 3.11. The number of carboxylic acid groups (broad SMARTS) is 1. The summed E-state index contributed by atoms with van der Waals surface area (Å²) in [5, 5.41) is 8.75. The highest BCUT2D eigenvalue weighted by molar-refractivity contribution is 8.00. The normalized spacial score (nSPS) is 11.5. The largest absolute Gasteiger partial charge is 0.478 e. The van der Waals surface area contributed by atoms with Gasteiger partial charge in [0.25, 0.3) is 0 Å². The second-order valence-corrected chi connectivity index (χ2v) is 7.93. The molecule has 0 radical (unpaired) electrons. The van der Waals surface area contributed by atoms with E-state index in [0.29, 0.717) is 21.8 Å². The van der Waals surface area contributed by atoms with E-state index < -0.39 is 22.8 Å². The van der Waals surface area contributed by atoms with Crippen molar-refractivity contribution in [1.29, 1.82) is 0 Å². The Morgan fingerprint density at radius 2 is 1.90 bits per heavy atom. The number of carbonyl (C=O) groups is 1. The van der Waals surface area contributed by atoms with Crippen LogP contribution in [-0.4, -0.2) is 11.1 Å². The van der Waals surface area contributed by atoms with Gasteiger partial charge in [0.1, 0.15) is 0 Å². The summed E-state index contributed by atoms with van der Waals surface area (Å²) in [6.07, 6.45) is -3.91. The molecule has 2 aromatic carbocycles. The number of hydrogen-bond acceptors (Lipinski definition) is 4. The molecule has 2 N–H and O–H groups in total. The molecule has 152 valence electrons. The fourth-order valence-electron chi connectivity index (χ4n) is 2.66. The second-order valence-electron chi connectivity index (χ2n) is 6.05. The molecule has 0 aliphatic carbocycles. The van der Waals surface area contributed by atoms with E-state index in [9.17, 15) is 27.5 Å². The Hall–Kier alpha value is -2.52. The number of anilines is 1. The van der Waals surface area contributed by atoms with Gasteiger partial charge in [0, 0.05) is 15.3 Å². The summed E-state index contributed by atoms with van der Waals surface area (Å²) in [7, 11) is 0. The maximum absolute atomic E-state index is 13.4. The van der Waals surface area contributed by atoms with Crippen LogP contribution in [0.3, 0.4) is 0 Å². The van der Waals surface area contributed by atoms with Gasteiger partial charge in [-0.05, 0) is 60.3 Å². The third-order valence-electron chi connectivity index (χ3n) is 4.15. The molecular formula is C20H15F4NO2S2. The molecule has 0 bridgehead atoms. The first kappa shape index (κ1) is 21.2. The maximum atomic E-state index is 13.4. The molecule has 0 aliphatic rings. The third kappa shape index (κ3) is 4.91. The molecule has 1 aromatic heterocycles. The van der Waals surface area contributed by atoms with E-state index in [-0.39, 0.29) is 11.3 Å². The molecule has 0 fully saturated rings. The van der Waals surface area contributed by atoms with Gasteiger partial charge < -0.3 is 9.83 Å². The summed E-state index contributed by atoms with van der Waals surface area (Å²) in [5.74, 6) is -1.09. The van der Waals surface area contributed by atoms with Gasteiger partial charge in [-0.2, -0.15) is 17.6 Å². The van der Waals surface area contributed by atoms with Crippen molar-refractivity contribution in [2.45, 2.75) is 24.4 Å². The summed E-state index contributed by atoms with van der Waals surface area (Å²) in [6.45, 7) is 1.89. The average molecular weight is 441 g/mol. The van der Waals surface area contributed by atoms with Gasteiger partial charge in [-0.3, -0.25) is 0 Å². The molecule has 1 heterocycles. The van der Waals surface area contributed by atoms with Crippen LogP contribution in [0.15, 0.2) is 53.4 Å². The van der Waals surface area contributed by atoms with Gasteiger partial charge in [-0.25, -0.2) is 4.79 Å². The molecule has 29 heavy (non-hydrogen) atoms. The van der Waals surface area contributed by atoms with Crippen LogP contribution in [-0.2, 0) is 12.6 Å². The number of rotatable bonds is 6. The Balaban J connectivity index is 1.99. The van der Waals surface area contributed by atoms with Crippen molar-refractivity contribution < 1.29 is 27.5 Å². The number of aromatic carboxylic acids is 1. The van der Waals surface area contributed by atoms with Crippen molar-refractivity contribution >= 4 is 34.9 Å². The smallest absolute Gasteiger partial charge is 0.416 e. The quantitative estimate of drug-likeness (QED) is 0.321. The number of hydrogen-bond donors (Lipinski definition) is 2. The standard InChI is InChI=1S/C20H15F4NO2S2/c1-2-11-3-4-12(19(26)27)9-17(11)29-25-15-10-13(20(22,23)24)5-6-14(15)16-7-8-18(21)28-16/h3-10,25H,2H2,1H3,(H,26,27). The van der Waals surface area contributed by atoms with E-state index >= 15 is 0 Å². The minimum atomic E-state index is -4.53. The van der Waals surface area contributed by atoms with Crippen molar-refractivity contribution in [2.75, 3.05) is 4.72 Å². The first-order chi connectivity index (χ1) is 13.7. The molecule has 0 saturated heterocycles. The number of carboxylic acids is 1. The predicted octanol–water partition coefficient (Wildman–Crippen LogP) is 6.95. The molecule has 3 nitrogen and oxygen atoms in total. The van der Waals surface area contributed by atoms with Gasteiger partial charge in [0.05, 0.1) is 16.8 Å². The van der Waals surface area contributed by atoms with Crippen LogP contribution in [0, 0.1) is 5.13 Å². The lowest BCUT2D eigenvalue weighted by atomic mass is 10.1. The van der Waals surface area contributed by atoms with E-state index in [1.54, 1.807) is 6.07 Å². The number of thiophene rings is 1. The first-order valence-corrected chi connectivity index (χ1v) is 10.1. The molecular weight excluding hydrogens is 426 g/mol. The van der Waals surface area contributed by atoms with E-state index in [0.717, 1.165) is 41.0 Å². The maximum Gasteiger partial charge on any atom is 0.416 e. The van der Waals surface area contributed by atoms with Crippen LogP contribution < -0.4 is 4.72 Å². The summed E-state index contributed by atoms with van der Waals surface area (Å²) in [4.78, 5) is 12.3. The van der Waals surface area contributed by atoms with Gasteiger partial charge >= 0.3 is 12.1 Å². The summed E-state index contributed by atoms with van der Waals surface area (Å²) in [5.41, 5.74) is 0.678. The highest BCUT2D eigenvalue weighted by atomic mass is 32.2. The molecule has 0 aliphatic heterocycles. The summed E-state index contributed by atoms with van der Waals surface area (Å²) < 4.78 is 55.9. The van der Waals surface area contributed by atoms with Crippen LogP contribution in [0.25, 0.3) is 10.4 Å². The SMILES string of the molecule is CCc1ccc(C(=O)O)cc1SNc1cc(C(F)(F)F)ccc1-c1ccc(F)s1. The number of alkyl halides is 3. The number of halogens is 4. The molecule has 3 aromatic rings. The molecule has 0 unspecified atom stereocenters. The van der Waals surface area contributed by atoms with Crippen molar-refractivity contribution in [3.05, 3.63) is 70.4 Å². The first-order valence-electron chi connectivity index (χ1n) is 8.45. The van der Waals surface area contributed by atoms with Gasteiger partial charge in [0.15, 0.2) is 5.13 Å². The van der Waals surface area contributed by atoms with E-state index in [4.69, 9.17) is 0 Å². The molecule has 9 heteroatoms. The fraction of sp³-hybridized carbons (Fsp3) is 0.150. The molecule has 0 atom stereocenters. The Morgan fingerprint density at radius 1 is 1.14 bits per heavy atom. The zero-order chi connectivity index (χ0) is 21.2. The number of nitrogens with one attached hydrogen (secondary N) is 1. The predicted molar refractivity (Wildman–Crippen MR) is 107 cm³/mol. The summed E-state index contributed by atoms with van der Waals surface area (Å²) >= 11 is 1.85. The lowest BCUT2D eigenvalue weighted by Crippen LogP contribution is -2.06. The van der Waals surface area contributed by atoms with Gasteiger partial charge in [0.2, 0.25) is 0 Å². The zero-order valence-corrected chi connectivity index (χ0v) is 16.6. The lowest BCUT2D eigenvalue weighted by molar-refractivity contribution is -0.137. The topological polar surface area (TPSA) is 49.3 Å². The Kier molecular flexibility index (Phi) is 6.18. The van der Waals surface area contributed by atoms with Crippen molar-refractivity contribution in [1.82, 2.24) is 0 Å². The Labute approximate surface area is 172 Å². The number of benzene rings is 2. The molecule has 0 amide bonds. The summed E-state index contributed by atoms with van der Waals surface area (Å²) in [6, 6.07) is 10.6. The Bertz CT molecular complexity index is 1050. The zero-order valence-electron chi connectivity index (χ0n) is 15.0. The van der Waals surface area contributed by atoms with Crippen LogP contribution >= 0.6 is 23.3 Å². The van der Waals surface area contributed by atoms with Crippen molar-refractivity contribution in [2.24, 2.45) is 0 Å². The lowest BCUT2D eigenvalue weighted by Gasteiger charge is -2.15. The van der Waals surface area contributed by atoms with E-state index in [1.807, 2.05) is 6.92 Å². The highest BCUT2D eigenvalue weighted by Gasteiger charge is 2.31. The molecule has 0 spiro atoms. The van der Waals surface area contributed by atoms with E-state index in [1.165, 1.54) is 30.3 Å². The monoisotopic (exact) mass is 441 g/mol. The number of aryl methyl sites for hydroxylation is 1. The highest BCUT2D eigenvalue weighted by Crippen LogP contribution is 2.40. The van der Waals surface area contributed by atoms with Crippen LogP contribution in [0.5, 0.6) is 0 Å². The Morgan fingerprint density at radius 3 is 2.48 bits per heavy atom. The van der Waals surface area contributed by atoms with Crippen LogP contribution in [0.2, 0.25) is 0 Å². The minimum absolute atomic E-state index is 0.0797. The van der Waals surface area contributed by atoms with Crippen molar-refractivity contribution in [3.8, 4) is 10.4 Å². The van der Waals surface area contributed by atoms with Gasteiger partial charge in [-0.15, -0.1) is 11.3 Å². The van der Waals surface area contributed by atoms with Crippen LogP contribution in [0.1, 0.15) is 28.4 Å². The molecule has 0 saturated carbocycles. The van der Waals surface area contributed by atoms with Crippen molar-refractivity contribution in [3.63, 3.8) is 0 Å². The van der Waals surface area contributed by atoms with E-state index in [2.05, 4.69) is 4.72 Å². The minimum Gasteiger partial charge on any atom is -0.478 e. The second kappa shape index (κ2) is 8.46. The van der Waals surface area contributed by atoms with Crippen LogP contribution in [0.4, 0.5) is 23.2 Å².